The third kappa shape index (κ3) is 8.65. The third-order valence-corrected chi connectivity index (χ3v) is 9.95. The number of thiophene rings is 1. The number of hydrogen-bond donors (Lipinski definition) is 1. The second-order valence-electron chi connectivity index (χ2n) is 13.4. The van der Waals surface area contributed by atoms with Crippen molar-refractivity contribution in [2.45, 2.75) is 131 Å². The number of benzene rings is 1. The van der Waals surface area contributed by atoms with Gasteiger partial charge >= 0.3 is 0 Å². The molecule has 2 rings (SSSR count). The van der Waals surface area contributed by atoms with E-state index in [-0.39, 0.29) is 30.1 Å². The Morgan fingerprint density at radius 1 is 0.975 bits per heavy atom. The van der Waals surface area contributed by atoms with Crippen LogP contribution in [0.5, 0.6) is 0 Å². The molecule has 1 aromatic carbocycles. The van der Waals surface area contributed by atoms with Crippen molar-refractivity contribution in [2.24, 2.45) is 16.7 Å². The first kappa shape index (κ1) is 34.5. The first-order valence-corrected chi connectivity index (χ1v) is 16.3. The van der Waals surface area contributed by atoms with Gasteiger partial charge in [-0.05, 0) is 75.3 Å². The largest absolute Gasteiger partial charge is 0.394 e. The lowest BCUT2D eigenvalue weighted by Gasteiger charge is -2.48. The maximum atomic E-state index is 10.6. The molecule has 2 aromatic rings. The van der Waals surface area contributed by atoms with E-state index in [0.29, 0.717) is 5.92 Å². The van der Waals surface area contributed by atoms with Crippen LogP contribution in [0, 0.1) is 28.1 Å². The van der Waals surface area contributed by atoms with Crippen molar-refractivity contribution >= 4 is 11.3 Å². The summed E-state index contributed by atoms with van der Waals surface area (Å²) in [5.41, 5.74) is 0.0157. The Morgan fingerprint density at radius 2 is 1.62 bits per heavy atom. The highest BCUT2D eigenvalue weighted by Crippen LogP contribution is 2.51. The van der Waals surface area contributed by atoms with E-state index in [1.807, 2.05) is 0 Å². The van der Waals surface area contributed by atoms with E-state index in [1.165, 1.54) is 10.4 Å². The molecule has 4 atom stereocenters. The fourth-order valence-corrected chi connectivity index (χ4v) is 6.71. The standard InChI is InChI=1S/C35H56N2O2S/c1-10-12-20-30(39-37(34(7,8)26-38)32(27(3)4)31-21-17-23-40-31)29(28-18-15-14-16-19-28)24-35(9,22-13-11-2)33(5,6)25-36/h14-19,21,23,27,29-30,32,38H,10-13,20,22,24,26H2,1-9H3. The molecule has 0 aliphatic carbocycles. The van der Waals surface area contributed by atoms with Crippen molar-refractivity contribution in [2.75, 3.05) is 6.61 Å². The maximum absolute atomic E-state index is 10.6. The van der Waals surface area contributed by atoms with E-state index in [9.17, 15) is 10.4 Å². The van der Waals surface area contributed by atoms with Gasteiger partial charge in [0.2, 0.25) is 0 Å². The van der Waals surface area contributed by atoms with Gasteiger partial charge < -0.3 is 5.11 Å². The lowest BCUT2D eigenvalue weighted by atomic mass is 9.60. The second-order valence-corrected chi connectivity index (χ2v) is 14.4. The molecule has 224 valence electrons. The normalized spacial score (nSPS) is 16.5. The Labute approximate surface area is 249 Å². The van der Waals surface area contributed by atoms with E-state index < -0.39 is 11.0 Å². The van der Waals surface area contributed by atoms with Crippen LogP contribution < -0.4 is 0 Å². The van der Waals surface area contributed by atoms with E-state index in [4.69, 9.17) is 4.84 Å². The van der Waals surface area contributed by atoms with Crippen LogP contribution in [-0.4, -0.2) is 28.4 Å². The molecular weight excluding hydrogens is 512 g/mol. The van der Waals surface area contributed by atoms with Gasteiger partial charge in [-0.2, -0.15) is 10.3 Å². The Balaban J connectivity index is 2.68. The monoisotopic (exact) mass is 568 g/mol. The predicted octanol–water partition coefficient (Wildman–Crippen LogP) is 9.93. The quantitative estimate of drug-likeness (QED) is 0.182. The summed E-state index contributed by atoms with van der Waals surface area (Å²) in [4.78, 5) is 8.52. The van der Waals surface area contributed by atoms with E-state index in [0.717, 1.165) is 44.9 Å². The van der Waals surface area contributed by atoms with Crippen molar-refractivity contribution < 1.29 is 9.94 Å². The summed E-state index contributed by atoms with van der Waals surface area (Å²) >= 11 is 1.75. The predicted molar refractivity (Wildman–Crippen MR) is 170 cm³/mol. The van der Waals surface area contributed by atoms with Gasteiger partial charge in [0.05, 0.1) is 35.8 Å². The van der Waals surface area contributed by atoms with Gasteiger partial charge in [-0.1, -0.05) is 96.7 Å². The number of aliphatic hydroxyl groups is 1. The fourth-order valence-electron chi connectivity index (χ4n) is 5.73. The molecule has 0 fully saturated rings. The molecule has 0 amide bonds. The summed E-state index contributed by atoms with van der Waals surface area (Å²) in [7, 11) is 0. The molecule has 0 spiro atoms. The lowest BCUT2D eigenvalue weighted by Crippen LogP contribution is -2.52. The molecule has 0 saturated carbocycles. The first-order valence-electron chi connectivity index (χ1n) is 15.4. The molecule has 1 N–H and O–H groups in total. The summed E-state index contributed by atoms with van der Waals surface area (Å²) in [6.45, 7) is 19.6. The Kier molecular flexibility index (Phi) is 13.4. The van der Waals surface area contributed by atoms with Crippen molar-refractivity contribution in [1.82, 2.24) is 5.06 Å². The number of hydroxylamine groups is 2. The average molecular weight is 569 g/mol. The van der Waals surface area contributed by atoms with Gasteiger partial charge in [0.1, 0.15) is 0 Å². The molecule has 4 unspecified atom stereocenters. The number of aliphatic hydroxyl groups excluding tert-OH is 1. The molecule has 1 heterocycles. The van der Waals surface area contributed by atoms with Crippen molar-refractivity contribution in [3.05, 3.63) is 58.3 Å². The van der Waals surface area contributed by atoms with Crippen LogP contribution in [0.3, 0.4) is 0 Å². The average Bonchev–Trinajstić information content (AvgIpc) is 3.46. The molecule has 0 radical (unpaired) electrons. The van der Waals surface area contributed by atoms with Crippen LogP contribution in [0.25, 0.3) is 0 Å². The first-order chi connectivity index (χ1) is 18.9. The van der Waals surface area contributed by atoms with Gasteiger partial charge in [0.15, 0.2) is 0 Å². The van der Waals surface area contributed by atoms with Crippen LogP contribution in [-0.2, 0) is 4.84 Å². The fraction of sp³-hybridized carbons (Fsp3) is 0.686. The van der Waals surface area contributed by atoms with Crippen molar-refractivity contribution in [3.63, 3.8) is 0 Å². The minimum Gasteiger partial charge on any atom is -0.394 e. The smallest absolute Gasteiger partial charge is 0.0862 e. The molecule has 1 aromatic heterocycles. The van der Waals surface area contributed by atoms with Crippen molar-refractivity contribution in [1.29, 1.82) is 5.26 Å². The second kappa shape index (κ2) is 15.5. The minimum absolute atomic E-state index is 0.00618. The van der Waals surface area contributed by atoms with Crippen molar-refractivity contribution in [3.8, 4) is 6.07 Å². The van der Waals surface area contributed by atoms with Crippen LogP contribution in [0.15, 0.2) is 47.8 Å². The number of nitriles is 1. The highest BCUT2D eigenvalue weighted by molar-refractivity contribution is 7.10. The summed E-state index contributed by atoms with van der Waals surface area (Å²) in [6.07, 6.45) is 7.04. The van der Waals surface area contributed by atoms with Crippen LogP contribution in [0.4, 0.5) is 0 Å². The molecule has 0 aliphatic heterocycles. The SMILES string of the molecule is CCCCC(ON(C(c1cccs1)C(C)C)C(C)(C)CO)C(CC(C)(CCCC)C(C)(C)C#N)c1ccccc1. The number of unbranched alkanes of at least 4 members (excludes halogenated alkanes) is 2. The Morgan fingerprint density at radius 3 is 2.12 bits per heavy atom. The van der Waals surface area contributed by atoms with Gasteiger partial charge in [0, 0.05) is 10.8 Å². The summed E-state index contributed by atoms with van der Waals surface area (Å²) in [6, 6.07) is 17.8. The van der Waals surface area contributed by atoms with Gasteiger partial charge in [-0.25, -0.2) is 0 Å². The molecule has 40 heavy (non-hydrogen) atoms. The molecule has 0 bridgehead atoms. The van der Waals surface area contributed by atoms with Gasteiger partial charge in [0.25, 0.3) is 0 Å². The van der Waals surface area contributed by atoms with Crippen LogP contribution in [0.2, 0.25) is 0 Å². The lowest BCUT2D eigenvalue weighted by molar-refractivity contribution is -0.289. The molecule has 0 aliphatic rings. The van der Waals surface area contributed by atoms with E-state index >= 15 is 0 Å². The zero-order valence-electron chi connectivity index (χ0n) is 26.7. The summed E-state index contributed by atoms with van der Waals surface area (Å²) < 4.78 is 0. The van der Waals surface area contributed by atoms with Gasteiger partial charge in [-0.3, -0.25) is 4.84 Å². The summed E-state index contributed by atoms with van der Waals surface area (Å²) in [5, 5.41) is 25.2. The molecular formula is C35H56N2O2S. The zero-order valence-corrected chi connectivity index (χ0v) is 27.6. The van der Waals surface area contributed by atoms with Crippen LogP contribution >= 0.6 is 11.3 Å². The molecule has 0 saturated heterocycles. The van der Waals surface area contributed by atoms with Gasteiger partial charge in [-0.15, -0.1) is 11.3 Å². The number of nitrogens with zero attached hydrogens (tertiary/aromatic N) is 2. The number of hydrogen-bond acceptors (Lipinski definition) is 5. The zero-order chi connectivity index (χ0) is 30.0. The Bertz CT molecular complexity index is 1010. The third-order valence-electron chi connectivity index (χ3n) is 9.01. The maximum Gasteiger partial charge on any atom is 0.0862 e. The minimum atomic E-state index is -0.581. The van der Waals surface area contributed by atoms with E-state index in [1.54, 1.807) is 11.3 Å². The molecule has 4 nitrogen and oxygen atoms in total. The highest BCUT2D eigenvalue weighted by atomic mass is 32.1. The highest BCUT2D eigenvalue weighted by Gasteiger charge is 2.46. The Hall–Kier alpha value is -1.71. The van der Waals surface area contributed by atoms with E-state index in [2.05, 4.69) is 121 Å². The molecule has 5 heteroatoms. The summed E-state index contributed by atoms with van der Waals surface area (Å²) in [5.74, 6) is 0.397. The van der Waals surface area contributed by atoms with Crippen LogP contribution in [0.1, 0.15) is 130 Å². The topological polar surface area (TPSA) is 56.5 Å². The number of rotatable bonds is 18.